The number of hydrogen-bond donors (Lipinski definition) is 3. The molecule has 14 heteroatoms. The molecule has 0 amide bonds. The maximum atomic E-state index is 13.4. The van der Waals surface area contributed by atoms with Gasteiger partial charge < -0.3 is 25.5 Å². The molecule has 0 aliphatic rings. The van der Waals surface area contributed by atoms with Crippen molar-refractivity contribution in [2.75, 3.05) is 11.9 Å². The molecule has 1 atom stereocenters. The van der Waals surface area contributed by atoms with Crippen LogP contribution in [0.25, 0.3) is 0 Å². The summed E-state index contributed by atoms with van der Waals surface area (Å²) in [5.74, 6) is -1.69. The molecule has 0 saturated heterocycles. The van der Waals surface area contributed by atoms with E-state index in [-0.39, 0.29) is 29.7 Å². The van der Waals surface area contributed by atoms with Gasteiger partial charge in [-0.1, -0.05) is 12.1 Å². The topological polar surface area (TPSA) is 97.7 Å². The fraction of sp³-hybridized carbons (Fsp3) is 0.375. The largest absolute Gasteiger partial charge is 0.573 e. The molecule has 0 bridgehead atoms. The lowest BCUT2D eigenvalue weighted by atomic mass is 9.98. The summed E-state index contributed by atoms with van der Waals surface area (Å²) in [6.07, 6.45) is -8.57. The molecule has 1 aromatic heterocycles. The lowest BCUT2D eigenvalue weighted by Gasteiger charge is -2.29. The second kappa shape index (κ2) is 9.72. The number of anilines is 1. The Balaban J connectivity index is 0.00000450. The van der Waals surface area contributed by atoms with Crippen LogP contribution < -0.4 is 15.8 Å². The van der Waals surface area contributed by atoms with Gasteiger partial charge in [-0.15, -0.1) is 37.1 Å². The number of aromatic nitrogens is 2. The van der Waals surface area contributed by atoms with Crippen molar-refractivity contribution in [2.24, 2.45) is 17.8 Å². The Morgan fingerprint density at radius 3 is 2.40 bits per heavy atom. The summed E-state index contributed by atoms with van der Waals surface area (Å²) in [5, 5.41) is 12.5. The van der Waals surface area contributed by atoms with E-state index in [4.69, 9.17) is 5.73 Å². The molecule has 7 nitrogen and oxygen atoms in total. The molecule has 4 N–H and O–H groups in total. The molecule has 30 heavy (non-hydrogen) atoms. The number of imidazole rings is 1. The fourth-order valence-corrected chi connectivity index (χ4v) is 2.44. The number of aliphatic hydroxyl groups is 1. The molecule has 0 radical (unpaired) electrons. The molecule has 0 aliphatic carbocycles. The number of para-hydroxylation sites is 2. The minimum atomic E-state index is -5.04. The van der Waals surface area contributed by atoms with Crippen LogP contribution in [0, 0.1) is 0 Å². The highest BCUT2D eigenvalue weighted by molar-refractivity contribution is 14.0. The molecule has 2 aromatic rings. The Labute approximate surface area is 184 Å². The first-order valence-corrected chi connectivity index (χ1v) is 8.02. The number of nitrogens with two attached hydrogens (primary N) is 1. The quantitative estimate of drug-likeness (QED) is 0.220. The normalized spacial score (nSPS) is 14.6. The van der Waals surface area contributed by atoms with E-state index >= 15 is 0 Å². The van der Waals surface area contributed by atoms with E-state index < -0.39 is 48.6 Å². The third kappa shape index (κ3) is 6.38. The van der Waals surface area contributed by atoms with Gasteiger partial charge in [-0.2, -0.15) is 13.2 Å². The Kier molecular flexibility index (Phi) is 8.36. The van der Waals surface area contributed by atoms with Gasteiger partial charge in [0.25, 0.3) is 0 Å². The lowest BCUT2D eigenvalue weighted by Crippen LogP contribution is -2.45. The second-order valence-electron chi connectivity index (χ2n) is 5.91. The summed E-state index contributed by atoms with van der Waals surface area (Å²) in [6.45, 7) is -0.593. The zero-order valence-corrected chi connectivity index (χ0v) is 17.7. The van der Waals surface area contributed by atoms with Crippen LogP contribution >= 0.6 is 24.0 Å². The summed E-state index contributed by atoms with van der Waals surface area (Å²) in [7, 11) is 1.29. The summed E-state index contributed by atoms with van der Waals surface area (Å²) >= 11 is 0. The number of halogens is 7. The average Bonchev–Trinajstić information content (AvgIpc) is 3.00. The van der Waals surface area contributed by atoms with E-state index in [1.165, 1.54) is 31.4 Å². The number of ether oxygens (including phenoxy) is 1. The molecular weight excluding hydrogens is 535 g/mol. The van der Waals surface area contributed by atoms with Crippen molar-refractivity contribution in [3.05, 3.63) is 42.5 Å². The van der Waals surface area contributed by atoms with Crippen LogP contribution in [0.5, 0.6) is 5.75 Å². The van der Waals surface area contributed by atoms with Crippen LogP contribution in [0.3, 0.4) is 0 Å². The highest BCUT2D eigenvalue weighted by atomic mass is 127. The van der Waals surface area contributed by atoms with Crippen molar-refractivity contribution in [3.8, 4) is 5.75 Å². The minimum Gasteiger partial charge on any atom is -0.404 e. The zero-order valence-electron chi connectivity index (χ0n) is 15.3. The Bertz CT molecular complexity index is 870. The van der Waals surface area contributed by atoms with Gasteiger partial charge >= 0.3 is 12.5 Å². The molecule has 1 unspecified atom stereocenters. The SMILES string of the molecule is Cn1ccnc1C(O)(CCN=C(N)Nc1ccccc1OC(F)(F)F)C(F)(F)F.I. The van der Waals surface area contributed by atoms with Crippen LogP contribution in [0.4, 0.5) is 32.0 Å². The van der Waals surface area contributed by atoms with Crippen molar-refractivity contribution in [1.29, 1.82) is 0 Å². The first-order valence-electron chi connectivity index (χ1n) is 8.02. The molecule has 0 spiro atoms. The molecule has 2 rings (SSSR count). The number of nitrogens with one attached hydrogen (secondary N) is 1. The van der Waals surface area contributed by atoms with Crippen LogP contribution in [0.2, 0.25) is 0 Å². The van der Waals surface area contributed by atoms with Crippen molar-refractivity contribution in [2.45, 2.75) is 24.6 Å². The highest BCUT2D eigenvalue weighted by Gasteiger charge is 2.57. The first-order chi connectivity index (χ1) is 13.3. The second-order valence-corrected chi connectivity index (χ2v) is 5.91. The van der Waals surface area contributed by atoms with E-state index in [2.05, 4.69) is 20.0 Å². The van der Waals surface area contributed by atoms with Gasteiger partial charge in [0.2, 0.25) is 5.60 Å². The van der Waals surface area contributed by atoms with Gasteiger partial charge in [-0.25, -0.2) is 4.98 Å². The molecule has 1 aromatic carbocycles. The van der Waals surface area contributed by atoms with Gasteiger partial charge in [0.1, 0.15) is 5.82 Å². The fourth-order valence-electron chi connectivity index (χ4n) is 2.44. The number of hydrogen-bond acceptors (Lipinski definition) is 4. The van der Waals surface area contributed by atoms with E-state index in [0.717, 1.165) is 16.8 Å². The highest BCUT2D eigenvalue weighted by Crippen LogP contribution is 2.40. The van der Waals surface area contributed by atoms with Gasteiger partial charge in [0.05, 0.1) is 5.69 Å². The standard InChI is InChI=1S/C16H17F6N5O2.HI/c1-27-9-8-24-12(27)14(28,15(17,18)19)6-7-25-13(23)26-10-4-2-3-5-11(10)29-16(20,21)22;/h2-5,8-9,28H,6-7H2,1H3,(H3,23,25,26);1H. The van der Waals surface area contributed by atoms with Gasteiger partial charge in [0.15, 0.2) is 11.7 Å². The summed E-state index contributed by atoms with van der Waals surface area (Å²) in [6, 6.07) is 4.91. The maximum absolute atomic E-state index is 13.4. The number of nitrogens with zero attached hydrogens (tertiary/aromatic N) is 3. The van der Waals surface area contributed by atoms with Crippen molar-refractivity contribution in [3.63, 3.8) is 0 Å². The van der Waals surface area contributed by atoms with Gasteiger partial charge in [-0.3, -0.25) is 4.99 Å². The number of aryl methyl sites for hydroxylation is 1. The molecular formula is C16H18F6IN5O2. The number of benzene rings is 1. The van der Waals surface area contributed by atoms with Crippen LogP contribution in [0.1, 0.15) is 12.2 Å². The molecule has 168 valence electrons. The molecule has 0 fully saturated rings. The Morgan fingerprint density at radius 1 is 1.23 bits per heavy atom. The van der Waals surface area contributed by atoms with E-state index in [9.17, 15) is 31.4 Å². The van der Waals surface area contributed by atoms with Gasteiger partial charge in [0, 0.05) is 32.4 Å². The molecule has 0 aliphatic heterocycles. The van der Waals surface area contributed by atoms with E-state index in [1.807, 2.05) is 0 Å². The summed E-state index contributed by atoms with van der Waals surface area (Å²) < 4.78 is 82.3. The third-order valence-electron chi connectivity index (χ3n) is 3.79. The maximum Gasteiger partial charge on any atom is 0.573 e. The Morgan fingerprint density at radius 2 is 1.87 bits per heavy atom. The number of alkyl halides is 6. The monoisotopic (exact) mass is 553 g/mol. The van der Waals surface area contributed by atoms with E-state index in [1.54, 1.807) is 0 Å². The number of aliphatic imine (C=N–C) groups is 1. The smallest absolute Gasteiger partial charge is 0.404 e. The Hall–Kier alpha value is -2.23. The average molecular weight is 553 g/mol. The van der Waals surface area contributed by atoms with Crippen molar-refractivity contribution >= 4 is 35.6 Å². The number of guanidine groups is 1. The predicted molar refractivity (Wildman–Crippen MR) is 106 cm³/mol. The van der Waals surface area contributed by atoms with Gasteiger partial charge in [-0.05, 0) is 12.1 Å². The molecule has 1 heterocycles. The number of rotatable bonds is 6. The van der Waals surface area contributed by atoms with Crippen molar-refractivity contribution < 1.29 is 36.2 Å². The van der Waals surface area contributed by atoms with Crippen molar-refractivity contribution in [1.82, 2.24) is 9.55 Å². The summed E-state index contributed by atoms with van der Waals surface area (Å²) in [4.78, 5) is 7.18. The third-order valence-corrected chi connectivity index (χ3v) is 3.79. The minimum absolute atomic E-state index is 0. The van der Waals surface area contributed by atoms with Crippen LogP contribution in [-0.4, -0.2) is 39.7 Å². The van der Waals surface area contributed by atoms with Crippen LogP contribution in [0.15, 0.2) is 41.7 Å². The van der Waals surface area contributed by atoms with E-state index in [0.29, 0.717) is 0 Å². The predicted octanol–water partition coefficient (Wildman–Crippen LogP) is 3.50. The first kappa shape index (κ1) is 25.8. The zero-order chi connectivity index (χ0) is 21.9. The van der Waals surface area contributed by atoms with Crippen LogP contribution in [-0.2, 0) is 12.6 Å². The molecule has 0 saturated carbocycles. The lowest BCUT2D eigenvalue weighted by molar-refractivity contribution is -0.274. The summed E-state index contributed by atoms with van der Waals surface area (Å²) in [5.41, 5.74) is 2.07.